The first-order chi connectivity index (χ1) is 7.71. The molecule has 90 valence electrons. The average Bonchev–Trinajstić information content (AvgIpc) is 2.30. The van der Waals surface area contributed by atoms with E-state index in [1.165, 1.54) is 6.20 Å². The van der Waals surface area contributed by atoms with Crippen molar-refractivity contribution in [1.82, 2.24) is 9.97 Å². The van der Waals surface area contributed by atoms with Gasteiger partial charge in [0.05, 0.1) is 25.5 Å². The van der Waals surface area contributed by atoms with Crippen molar-refractivity contribution in [2.24, 2.45) is 0 Å². The molecule has 0 radical (unpaired) electrons. The number of aliphatic hydroxyl groups excluding tert-OH is 2. The molecule has 1 aromatic heterocycles. The third-order valence-corrected chi connectivity index (χ3v) is 2.14. The molecule has 1 rings (SSSR count). The second kappa shape index (κ2) is 6.47. The largest absolute Gasteiger partial charge is 0.394 e. The van der Waals surface area contributed by atoms with Gasteiger partial charge in [-0.25, -0.2) is 4.98 Å². The number of aliphatic hydroxyl groups is 2. The van der Waals surface area contributed by atoms with Gasteiger partial charge in [0.2, 0.25) is 5.95 Å². The Bertz CT molecular complexity index is 333. The molecule has 4 N–H and O–H groups in total. The Morgan fingerprint density at radius 1 is 1.44 bits per heavy atom. The van der Waals surface area contributed by atoms with Crippen LogP contribution in [-0.2, 0) is 0 Å². The molecule has 0 saturated heterocycles. The van der Waals surface area contributed by atoms with Crippen molar-refractivity contribution >= 4 is 23.4 Å². The summed E-state index contributed by atoms with van der Waals surface area (Å²) in [6, 6.07) is -0.484. The maximum Gasteiger partial charge on any atom is 0.224 e. The number of nitrogens with zero attached hydrogens (tertiary/aromatic N) is 2. The highest BCUT2D eigenvalue weighted by atomic mass is 35.5. The zero-order chi connectivity index (χ0) is 12.0. The SMILES string of the molecule is CCNc1ncc(Cl)c(NC(CO)CO)n1. The Hall–Kier alpha value is -1.11. The van der Waals surface area contributed by atoms with Crippen LogP contribution in [0, 0.1) is 0 Å². The number of rotatable bonds is 6. The minimum absolute atomic E-state index is 0.201. The molecular formula is C9H15ClN4O2. The molecule has 0 aliphatic rings. The van der Waals surface area contributed by atoms with E-state index in [2.05, 4.69) is 20.6 Å². The van der Waals surface area contributed by atoms with Gasteiger partial charge in [0.15, 0.2) is 5.82 Å². The zero-order valence-electron chi connectivity index (χ0n) is 8.94. The maximum atomic E-state index is 8.93. The summed E-state index contributed by atoms with van der Waals surface area (Å²) in [5, 5.41) is 24.0. The third-order valence-electron chi connectivity index (χ3n) is 1.86. The van der Waals surface area contributed by atoms with Crippen molar-refractivity contribution in [3.8, 4) is 0 Å². The summed E-state index contributed by atoms with van der Waals surface area (Å²) >= 11 is 5.88. The van der Waals surface area contributed by atoms with Crippen molar-refractivity contribution in [3.63, 3.8) is 0 Å². The number of nitrogens with one attached hydrogen (secondary N) is 2. The van der Waals surface area contributed by atoms with Crippen LogP contribution in [0.5, 0.6) is 0 Å². The first-order valence-corrected chi connectivity index (χ1v) is 5.33. The van der Waals surface area contributed by atoms with Crippen LogP contribution in [0.25, 0.3) is 0 Å². The summed E-state index contributed by atoms with van der Waals surface area (Å²) in [6.07, 6.45) is 1.46. The van der Waals surface area contributed by atoms with Crippen LogP contribution in [0.3, 0.4) is 0 Å². The quantitative estimate of drug-likeness (QED) is 0.578. The number of aromatic nitrogens is 2. The monoisotopic (exact) mass is 246 g/mol. The lowest BCUT2D eigenvalue weighted by atomic mass is 10.3. The molecule has 0 aliphatic heterocycles. The Kier molecular flexibility index (Phi) is 5.24. The maximum absolute atomic E-state index is 8.93. The van der Waals surface area contributed by atoms with E-state index >= 15 is 0 Å². The van der Waals surface area contributed by atoms with Gasteiger partial charge in [-0.3, -0.25) is 0 Å². The van der Waals surface area contributed by atoms with Crippen molar-refractivity contribution in [3.05, 3.63) is 11.2 Å². The summed E-state index contributed by atoms with van der Waals surface area (Å²) in [4.78, 5) is 8.08. The summed E-state index contributed by atoms with van der Waals surface area (Å²) < 4.78 is 0. The molecule has 0 saturated carbocycles. The molecular weight excluding hydrogens is 232 g/mol. The number of halogens is 1. The van der Waals surface area contributed by atoms with Crippen LogP contribution in [0.4, 0.5) is 11.8 Å². The van der Waals surface area contributed by atoms with Gasteiger partial charge in [0.25, 0.3) is 0 Å². The van der Waals surface area contributed by atoms with Gasteiger partial charge in [-0.1, -0.05) is 11.6 Å². The lowest BCUT2D eigenvalue weighted by Gasteiger charge is -2.15. The van der Waals surface area contributed by atoms with Gasteiger partial charge in [0, 0.05) is 6.54 Å². The predicted octanol–water partition coefficient (Wildman–Crippen LogP) is 0.327. The van der Waals surface area contributed by atoms with E-state index < -0.39 is 6.04 Å². The summed E-state index contributed by atoms with van der Waals surface area (Å²) in [5.74, 6) is 0.838. The molecule has 6 nitrogen and oxygen atoms in total. The molecule has 1 heterocycles. The van der Waals surface area contributed by atoms with Crippen LogP contribution in [0.15, 0.2) is 6.20 Å². The number of hydrogen-bond acceptors (Lipinski definition) is 6. The Morgan fingerprint density at radius 2 is 2.12 bits per heavy atom. The van der Waals surface area contributed by atoms with Crippen LogP contribution >= 0.6 is 11.6 Å². The van der Waals surface area contributed by atoms with Gasteiger partial charge in [0.1, 0.15) is 5.02 Å². The fourth-order valence-corrected chi connectivity index (χ4v) is 1.20. The van der Waals surface area contributed by atoms with Gasteiger partial charge < -0.3 is 20.8 Å². The molecule has 7 heteroatoms. The minimum Gasteiger partial charge on any atom is -0.394 e. The van der Waals surface area contributed by atoms with Gasteiger partial charge >= 0.3 is 0 Å². The second-order valence-electron chi connectivity index (χ2n) is 3.13. The van der Waals surface area contributed by atoms with Crippen LogP contribution in [0.1, 0.15) is 6.92 Å². The standard InChI is InChI=1S/C9H15ClN4O2/c1-2-11-9-12-3-7(10)8(14-9)13-6(4-15)5-16/h3,6,15-16H,2,4-5H2,1H3,(H2,11,12,13,14). The van der Waals surface area contributed by atoms with E-state index in [1.807, 2.05) is 6.92 Å². The average molecular weight is 247 g/mol. The highest BCUT2D eigenvalue weighted by Gasteiger charge is 2.10. The highest BCUT2D eigenvalue weighted by Crippen LogP contribution is 2.19. The second-order valence-corrected chi connectivity index (χ2v) is 3.53. The molecule has 0 unspecified atom stereocenters. The van der Waals surface area contributed by atoms with Crippen molar-refractivity contribution < 1.29 is 10.2 Å². The normalized spacial score (nSPS) is 10.6. The third kappa shape index (κ3) is 3.48. The highest BCUT2D eigenvalue weighted by molar-refractivity contribution is 6.32. The molecule has 0 bridgehead atoms. The van der Waals surface area contributed by atoms with Gasteiger partial charge in [-0.05, 0) is 6.92 Å². The first-order valence-electron chi connectivity index (χ1n) is 4.95. The molecule has 0 aromatic carbocycles. The summed E-state index contributed by atoms with van der Waals surface area (Å²) in [7, 11) is 0. The van der Waals surface area contributed by atoms with E-state index in [4.69, 9.17) is 21.8 Å². The predicted molar refractivity (Wildman–Crippen MR) is 62.8 cm³/mol. The molecule has 0 amide bonds. The van der Waals surface area contributed by atoms with Gasteiger partial charge in [-0.15, -0.1) is 0 Å². The minimum atomic E-state index is -0.484. The first kappa shape index (κ1) is 13.0. The van der Waals surface area contributed by atoms with Crippen LogP contribution in [-0.4, -0.2) is 46.0 Å². The number of hydrogen-bond donors (Lipinski definition) is 4. The molecule has 0 spiro atoms. The van der Waals surface area contributed by atoms with Crippen molar-refractivity contribution in [1.29, 1.82) is 0 Å². The van der Waals surface area contributed by atoms with Crippen LogP contribution < -0.4 is 10.6 Å². The molecule has 0 fully saturated rings. The Labute approximate surface area is 98.7 Å². The lowest BCUT2D eigenvalue weighted by Crippen LogP contribution is -2.28. The Balaban J connectivity index is 2.80. The van der Waals surface area contributed by atoms with E-state index in [0.29, 0.717) is 23.3 Å². The molecule has 0 atom stereocenters. The zero-order valence-corrected chi connectivity index (χ0v) is 9.70. The van der Waals surface area contributed by atoms with E-state index in [0.717, 1.165) is 0 Å². The summed E-state index contributed by atoms with van der Waals surface area (Å²) in [6.45, 7) is 2.22. The molecule has 16 heavy (non-hydrogen) atoms. The topological polar surface area (TPSA) is 90.3 Å². The lowest BCUT2D eigenvalue weighted by molar-refractivity contribution is 0.203. The van der Waals surface area contributed by atoms with E-state index in [1.54, 1.807) is 0 Å². The van der Waals surface area contributed by atoms with Crippen molar-refractivity contribution in [2.75, 3.05) is 30.4 Å². The molecule has 1 aromatic rings. The Morgan fingerprint density at radius 3 is 2.69 bits per heavy atom. The van der Waals surface area contributed by atoms with Crippen molar-refractivity contribution in [2.45, 2.75) is 13.0 Å². The van der Waals surface area contributed by atoms with Gasteiger partial charge in [-0.2, -0.15) is 4.98 Å². The fourth-order valence-electron chi connectivity index (χ4n) is 1.05. The molecule has 0 aliphatic carbocycles. The fraction of sp³-hybridized carbons (Fsp3) is 0.556. The number of anilines is 2. The smallest absolute Gasteiger partial charge is 0.224 e. The summed E-state index contributed by atoms with van der Waals surface area (Å²) in [5.41, 5.74) is 0. The van der Waals surface area contributed by atoms with E-state index in [-0.39, 0.29) is 13.2 Å². The van der Waals surface area contributed by atoms with E-state index in [9.17, 15) is 0 Å². The van der Waals surface area contributed by atoms with Crippen LogP contribution in [0.2, 0.25) is 5.02 Å².